The maximum absolute atomic E-state index is 6.26. The molecule has 1 rings (SSSR count). The van der Waals surface area contributed by atoms with Gasteiger partial charge in [0.2, 0.25) is 0 Å². The standard InChI is InChI=1S/C15H25N/c1-12(13-8-6-5-7-9-13)14(16)10-11-15(2,3)4/h5-9,12,14H,10-11,16H2,1-4H3. The highest BCUT2D eigenvalue weighted by Gasteiger charge is 2.18. The minimum atomic E-state index is 0.265. The Bertz CT molecular complexity index is 297. The topological polar surface area (TPSA) is 26.0 Å². The van der Waals surface area contributed by atoms with E-state index < -0.39 is 0 Å². The summed E-state index contributed by atoms with van der Waals surface area (Å²) in [6, 6.07) is 10.8. The monoisotopic (exact) mass is 219 g/mol. The summed E-state index contributed by atoms with van der Waals surface area (Å²) < 4.78 is 0. The van der Waals surface area contributed by atoms with Crippen molar-refractivity contribution in [1.82, 2.24) is 0 Å². The van der Waals surface area contributed by atoms with Gasteiger partial charge in [-0.15, -0.1) is 0 Å². The third-order valence-corrected chi connectivity index (χ3v) is 3.20. The van der Waals surface area contributed by atoms with Crippen molar-refractivity contribution >= 4 is 0 Å². The van der Waals surface area contributed by atoms with Crippen molar-refractivity contribution in [3.8, 4) is 0 Å². The quantitative estimate of drug-likeness (QED) is 0.815. The first-order valence-corrected chi connectivity index (χ1v) is 6.21. The number of hydrogen-bond acceptors (Lipinski definition) is 1. The number of hydrogen-bond donors (Lipinski definition) is 1. The van der Waals surface area contributed by atoms with Crippen molar-refractivity contribution in [3.63, 3.8) is 0 Å². The lowest BCUT2D eigenvalue weighted by atomic mass is 9.84. The summed E-state index contributed by atoms with van der Waals surface area (Å²) in [4.78, 5) is 0. The molecule has 90 valence electrons. The molecule has 1 aromatic carbocycles. The van der Waals surface area contributed by atoms with Crippen LogP contribution in [-0.2, 0) is 0 Å². The fourth-order valence-corrected chi connectivity index (χ4v) is 1.85. The van der Waals surface area contributed by atoms with Gasteiger partial charge in [-0.3, -0.25) is 0 Å². The Labute approximate surface area is 100 Å². The van der Waals surface area contributed by atoms with Gasteiger partial charge in [0.1, 0.15) is 0 Å². The van der Waals surface area contributed by atoms with E-state index in [-0.39, 0.29) is 6.04 Å². The van der Waals surface area contributed by atoms with Crippen molar-refractivity contribution in [2.45, 2.75) is 52.5 Å². The Morgan fingerprint density at radius 2 is 1.69 bits per heavy atom. The van der Waals surface area contributed by atoms with Gasteiger partial charge in [-0.1, -0.05) is 58.0 Å². The molecule has 0 heterocycles. The largest absolute Gasteiger partial charge is 0.327 e. The summed E-state index contributed by atoms with van der Waals surface area (Å²) in [5, 5.41) is 0. The second kappa shape index (κ2) is 5.49. The maximum Gasteiger partial charge on any atom is 0.0105 e. The molecule has 0 aliphatic carbocycles. The highest BCUT2D eigenvalue weighted by atomic mass is 14.6. The first kappa shape index (κ1) is 13.2. The van der Waals surface area contributed by atoms with E-state index in [9.17, 15) is 0 Å². The van der Waals surface area contributed by atoms with Crippen molar-refractivity contribution in [1.29, 1.82) is 0 Å². The lowest BCUT2D eigenvalue weighted by molar-refractivity contribution is 0.337. The highest BCUT2D eigenvalue weighted by molar-refractivity contribution is 5.20. The highest BCUT2D eigenvalue weighted by Crippen LogP contribution is 2.26. The fourth-order valence-electron chi connectivity index (χ4n) is 1.85. The van der Waals surface area contributed by atoms with E-state index >= 15 is 0 Å². The van der Waals surface area contributed by atoms with Gasteiger partial charge in [-0.05, 0) is 29.7 Å². The summed E-state index contributed by atoms with van der Waals surface area (Å²) in [5.74, 6) is 0.448. The van der Waals surface area contributed by atoms with Crippen LogP contribution in [0.25, 0.3) is 0 Å². The van der Waals surface area contributed by atoms with Gasteiger partial charge in [-0.25, -0.2) is 0 Å². The molecule has 16 heavy (non-hydrogen) atoms. The number of benzene rings is 1. The molecule has 1 nitrogen and oxygen atoms in total. The van der Waals surface area contributed by atoms with Crippen LogP contribution >= 0.6 is 0 Å². The summed E-state index contributed by atoms with van der Waals surface area (Å²) >= 11 is 0. The first-order chi connectivity index (χ1) is 7.40. The molecule has 0 amide bonds. The Morgan fingerprint density at radius 1 is 1.12 bits per heavy atom. The average molecular weight is 219 g/mol. The predicted octanol–water partition coefficient (Wildman–Crippen LogP) is 3.94. The molecule has 0 spiro atoms. The molecule has 0 aliphatic rings. The zero-order valence-corrected chi connectivity index (χ0v) is 11.0. The molecule has 2 unspecified atom stereocenters. The minimum Gasteiger partial charge on any atom is -0.327 e. The van der Waals surface area contributed by atoms with Crippen molar-refractivity contribution in [2.75, 3.05) is 0 Å². The fraction of sp³-hybridized carbons (Fsp3) is 0.600. The van der Waals surface area contributed by atoms with Gasteiger partial charge >= 0.3 is 0 Å². The smallest absolute Gasteiger partial charge is 0.0105 e. The molecule has 0 aromatic heterocycles. The van der Waals surface area contributed by atoms with Gasteiger partial charge < -0.3 is 5.73 Å². The molecule has 0 saturated carbocycles. The molecule has 0 fully saturated rings. The Morgan fingerprint density at radius 3 is 2.19 bits per heavy atom. The van der Waals surface area contributed by atoms with Crippen LogP contribution in [0.3, 0.4) is 0 Å². The molecular formula is C15H25N. The normalized spacial score (nSPS) is 15.8. The van der Waals surface area contributed by atoms with Crippen LogP contribution in [0.4, 0.5) is 0 Å². The molecule has 1 heteroatoms. The van der Waals surface area contributed by atoms with E-state index in [1.54, 1.807) is 0 Å². The Balaban J connectivity index is 2.52. The van der Waals surface area contributed by atoms with Crippen molar-refractivity contribution in [3.05, 3.63) is 35.9 Å². The molecule has 2 N–H and O–H groups in total. The van der Waals surface area contributed by atoms with E-state index in [0.717, 1.165) is 6.42 Å². The average Bonchev–Trinajstić information content (AvgIpc) is 2.25. The molecule has 0 bridgehead atoms. The van der Waals surface area contributed by atoms with Crippen LogP contribution in [0.5, 0.6) is 0 Å². The zero-order valence-electron chi connectivity index (χ0n) is 11.0. The maximum atomic E-state index is 6.26. The van der Waals surface area contributed by atoms with E-state index in [4.69, 9.17) is 5.73 Å². The van der Waals surface area contributed by atoms with Gasteiger partial charge in [0.15, 0.2) is 0 Å². The third kappa shape index (κ3) is 4.36. The van der Waals surface area contributed by atoms with Gasteiger partial charge in [0, 0.05) is 6.04 Å². The lowest BCUT2D eigenvalue weighted by Crippen LogP contribution is -2.28. The van der Waals surface area contributed by atoms with Gasteiger partial charge in [-0.2, -0.15) is 0 Å². The first-order valence-electron chi connectivity index (χ1n) is 6.21. The summed E-state index contributed by atoms with van der Waals surface area (Å²) in [7, 11) is 0. The second-order valence-corrected chi connectivity index (χ2v) is 5.96. The minimum absolute atomic E-state index is 0.265. The molecular weight excluding hydrogens is 194 g/mol. The Hall–Kier alpha value is -0.820. The Kier molecular flexibility index (Phi) is 4.55. The summed E-state index contributed by atoms with van der Waals surface area (Å²) in [5.41, 5.74) is 7.99. The van der Waals surface area contributed by atoms with Crippen LogP contribution in [0.15, 0.2) is 30.3 Å². The summed E-state index contributed by atoms with van der Waals surface area (Å²) in [6.45, 7) is 9.04. The van der Waals surface area contributed by atoms with Gasteiger partial charge in [0.05, 0.1) is 0 Å². The zero-order chi connectivity index (χ0) is 12.2. The second-order valence-electron chi connectivity index (χ2n) is 5.96. The van der Waals surface area contributed by atoms with Crippen LogP contribution < -0.4 is 5.73 Å². The van der Waals surface area contributed by atoms with E-state index in [2.05, 4.69) is 58.0 Å². The van der Waals surface area contributed by atoms with Gasteiger partial charge in [0.25, 0.3) is 0 Å². The lowest BCUT2D eigenvalue weighted by Gasteiger charge is -2.25. The van der Waals surface area contributed by atoms with E-state index in [1.165, 1.54) is 12.0 Å². The van der Waals surface area contributed by atoms with Crippen LogP contribution in [0.2, 0.25) is 0 Å². The van der Waals surface area contributed by atoms with Crippen LogP contribution in [0, 0.1) is 5.41 Å². The molecule has 0 radical (unpaired) electrons. The van der Waals surface area contributed by atoms with E-state index in [1.807, 2.05) is 0 Å². The van der Waals surface area contributed by atoms with E-state index in [0.29, 0.717) is 11.3 Å². The van der Waals surface area contributed by atoms with Crippen molar-refractivity contribution in [2.24, 2.45) is 11.1 Å². The van der Waals surface area contributed by atoms with Crippen LogP contribution in [0.1, 0.15) is 52.0 Å². The molecule has 0 saturated heterocycles. The predicted molar refractivity (Wildman–Crippen MR) is 71.5 cm³/mol. The summed E-state index contributed by atoms with van der Waals surface area (Å²) in [6.07, 6.45) is 2.28. The molecule has 1 aromatic rings. The van der Waals surface area contributed by atoms with Crippen molar-refractivity contribution < 1.29 is 0 Å². The van der Waals surface area contributed by atoms with Crippen LogP contribution in [-0.4, -0.2) is 6.04 Å². The third-order valence-electron chi connectivity index (χ3n) is 3.20. The SMILES string of the molecule is CC(c1ccccc1)C(N)CCC(C)(C)C. The number of nitrogens with two attached hydrogens (primary N) is 1. The molecule has 0 aliphatic heterocycles. The number of rotatable bonds is 4. The molecule has 2 atom stereocenters.